The van der Waals surface area contributed by atoms with Crippen LogP contribution in [0.2, 0.25) is 0 Å². The van der Waals surface area contributed by atoms with E-state index in [2.05, 4.69) is 15.6 Å². The Labute approximate surface area is 161 Å². The highest BCUT2D eigenvalue weighted by Gasteiger charge is 2.21. The standard InChI is InChI=1S/C19H19N5O4/c1-23-11-10-20-18(23)17(13-6-8-16(28-2)9-7-13)22-19(25)21-14-4-3-5-15(12-14)24(26)27/h3-12,17H,1-2H3,(H2,21,22,25). The maximum absolute atomic E-state index is 12.6. The van der Waals surface area contributed by atoms with Gasteiger partial charge in [-0.2, -0.15) is 0 Å². The number of carbonyl (C=O) groups is 1. The Bertz CT molecular complexity index is 984. The highest BCUT2D eigenvalue weighted by Crippen LogP contribution is 2.23. The molecule has 0 aliphatic carbocycles. The average Bonchev–Trinajstić information content (AvgIpc) is 3.12. The van der Waals surface area contributed by atoms with Crippen LogP contribution in [0.3, 0.4) is 0 Å². The summed E-state index contributed by atoms with van der Waals surface area (Å²) in [6.07, 6.45) is 3.43. The van der Waals surface area contributed by atoms with Gasteiger partial charge in [0.15, 0.2) is 0 Å². The van der Waals surface area contributed by atoms with Crippen molar-refractivity contribution in [3.63, 3.8) is 0 Å². The lowest BCUT2D eigenvalue weighted by molar-refractivity contribution is -0.384. The number of anilines is 1. The first-order valence-corrected chi connectivity index (χ1v) is 8.41. The van der Waals surface area contributed by atoms with Crippen LogP contribution in [-0.4, -0.2) is 27.6 Å². The number of nitro groups is 1. The molecule has 3 aromatic rings. The number of urea groups is 1. The molecule has 0 aliphatic heterocycles. The van der Waals surface area contributed by atoms with Crippen LogP contribution in [-0.2, 0) is 7.05 Å². The SMILES string of the molecule is COc1ccc(C(NC(=O)Nc2cccc([N+](=O)[O-])c2)c2nccn2C)cc1. The van der Waals surface area contributed by atoms with E-state index in [4.69, 9.17) is 4.74 Å². The molecule has 1 unspecified atom stereocenters. The van der Waals surface area contributed by atoms with Gasteiger partial charge in [-0.25, -0.2) is 9.78 Å². The number of amides is 2. The number of non-ortho nitro benzene ring substituents is 1. The molecule has 3 rings (SSSR count). The minimum absolute atomic E-state index is 0.103. The molecule has 0 saturated carbocycles. The normalized spacial score (nSPS) is 11.5. The second kappa shape index (κ2) is 8.21. The Morgan fingerprint density at radius 3 is 2.61 bits per heavy atom. The quantitative estimate of drug-likeness (QED) is 0.503. The topological polar surface area (TPSA) is 111 Å². The van der Waals surface area contributed by atoms with Gasteiger partial charge in [-0.3, -0.25) is 10.1 Å². The molecule has 1 heterocycles. The molecule has 2 N–H and O–H groups in total. The molecule has 0 fully saturated rings. The first-order valence-electron chi connectivity index (χ1n) is 8.41. The molecule has 9 nitrogen and oxygen atoms in total. The van der Waals surface area contributed by atoms with Crippen LogP contribution in [0.5, 0.6) is 5.75 Å². The van der Waals surface area contributed by atoms with Gasteiger partial charge in [-0.05, 0) is 23.8 Å². The van der Waals surface area contributed by atoms with Crippen molar-refractivity contribution in [2.75, 3.05) is 12.4 Å². The van der Waals surface area contributed by atoms with Crippen molar-refractivity contribution in [2.45, 2.75) is 6.04 Å². The zero-order valence-electron chi connectivity index (χ0n) is 15.3. The van der Waals surface area contributed by atoms with Crippen molar-refractivity contribution in [3.05, 3.63) is 82.4 Å². The molecule has 0 saturated heterocycles. The Kier molecular flexibility index (Phi) is 5.54. The fraction of sp³-hybridized carbons (Fsp3) is 0.158. The van der Waals surface area contributed by atoms with Gasteiger partial charge in [-0.15, -0.1) is 0 Å². The van der Waals surface area contributed by atoms with E-state index in [1.165, 1.54) is 18.2 Å². The summed E-state index contributed by atoms with van der Waals surface area (Å²) >= 11 is 0. The minimum Gasteiger partial charge on any atom is -0.497 e. The number of imidazole rings is 1. The predicted molar refractivity (Wildman–Crippen MR) is 103 cm³/mol. The highest BCUT2D eigenvalue weighted by molar-refractivity contribution is 5.90. The Balaban J connectivity index is 1.83. The lowest BCUT2D eigenvalue weighted by Gasteiger charge is -2.20. The molecular weight excluding hydrogens is 362 g/mol. The molecule has 1 aromatic heterocycles. The van der Waals surface area contributed by atoms with Crippen molar-refractivity contribution in [3.8, 4) is 5.75 Å². The minimum atomic E-state index is -0.524. The van der Waals surface area contributed by atoms with E-state index >= 15 is 0 Å². The lowest BCUT2D eigenvalue weighted by Crippen LogP contribution is -2.34. The monoisotopic (exact) mass is 381 g/mol. The number of benzene rings is 2. The molecule has 0 bridgehead atoms. The summed E-state index contributed by atoms with van der Waals surface area (Å²) in [4.78, 5) is 27.3. The Hall–Kier alpha value is -3.88. The van der Waals surface area contributed by atoms with Crippen LogP contribution in [0.1, 0.15) is 17.4 Å². The summed E-state index contributed by atoms with van der Waals surface area (Å²) in [5.41, 5.74) is 1.03. The molecule has 2 aromatic carbocycles. The smallest absolute Gasteiger partial charge is 0.320 e. The molecule has 0 aliphatic rings. The van der Waals surface area contributed by atoms with Crippen molar-refractivity contribution in [2.24, 2.45) is 7.05 Å². The van der Waals surface area contributed by atoms with Crippen molar-refractivity contribution in [1.29, 1.82) is 0 Å². The summed E-state index contributed by atoms with van der Waals surface area (Å²) in [5.74, 6) is 1.34. The van der Waals surface area contributed by atoms with Crippen LogP contribution in [0, 0.1) is 10.1 Å². The number of aryl methyl sites for hydroxylation is 1. The molecular formula is C19H19N5O4. The summed E-state index contributed by atoms with van der Waals surface area (Å²) in [6.45, 7) is 0. The van der Waals surface area contributed by atoms with E-state index in [1.54, 1.807) is 37.7 Å². The molecule has 28 heavy (non-hydrogen) atoms. The van der Waals surface area contributed by atoms with Gasteiger partial charge in [0.25, 0.3) is 5.69 Å². The summed E-state index contributed by atoms with van der Waals surface area (Å²) < 4.78 is 6.99. The third-order valence-electron chi connectivity index (χ3n) is 4.16. The van der Waals surface area contributed by atoms with Gasteiger partial charge >= 0.3 is 6.03 Å². The van der Waals surface area contributed by atoms with Gasteiger partial charge in [-0.1, -0.05) is 18.2 Å². The zero-order valence-corrected chi connectivity index (χ0v) is 15.3. The number of rotatable bonds is 6. The zero-order chi connectivity index (χ0) is 20.1. The fourth-order valence-corrected chi connectivity index (χ4v) is 2.74. The number of aromatic nitrogens is 2. The predicted octanol–water partition coefficient (Wildman–Crippen LogP) is 3.25. The van der Waals surface area contributed by atoms with Gasteiger partial charge in [0.1, 0.15) is 17.6 Å². The van der Waals surface area contributed by atoms with Crippen LogP contribution >= 0.6 is 0 Å². The second-order valence-corrected chi connectivity index (χ2v) is 6.01. The number of hydrogen-bond acceptors (Lipinski definition) is 5. The maximum Gasteiger partial charge on any atom is 0.320 e. The average molecular weight is 381 g/mol. The van der Waals surface area contributed by atoms with Crippen molar-refractivity contribution >= 4 is 17.4 Å². The Morgan fingerprint density at radius 2 is 2.00 bits per heavy atom. The summed E-state index contributed by atoms with van der Waals surface area (Å²) in [6, 6.07) is 12.0. The second-order valence-electron chi connectivity index (χ2n) is 6.01. The Morgan fingerprint density at radius 1 is 1.25 bits per heavy atom. The van der Waals surface area contributed by atoms with Gasteiger partial charge in [0.05, 0.1) is 12.0 Å². The number of ether oxygens (including phenoxy) is 1. The lowest BCUT2D eigenvalue weighted by atomic mass is 10.1. The first kappa shape index (κ1) is 18.9. The molecule has 2 amide bonds. The largest absolute Gasteiger partial charge is 0.497 e. The number of nitrogens with zero attached hydrogens (tertiary/aromatic N) is 3. The van der Waals surface area contributed by atoms with Crippen LogP contribution in [0.15, 0.2) is 60.9 Å². The van der Waals surface area contributed by atoms with E-state index < -0.39 is 17.0 Å². The van der Waals surface area contributed by atoms with Crippen LogP contribution < -0.4 is 15.4 Å². The van der Waals surface area contributed by atoms with E-state index in [1.807, 2.05) is 23.7 Å². The third kappa shape index (κ3) is 4.26. The van der Waals surface area contributed by atoms with Gasteiger partial charge < -0.3 is 19.9 Å². The molecule has 0 spiro atoms. The van der Waals surface area contributed by atoms with Crippen molar-refractivity contribution in [1.82, 2.24) is 14.9 Å². The van der Waals surface area contributed by atoms with Crippen LogP contribution in [0.4, 0.5) is 16.2 Å². The summed E-state index contributed by atoms with van der Waals surface area (Å²) in [7, 11) is 3.41. The van der Waals surface area contributed by atoms with E-state index in [0.717, 1.165) is 5.56 Å². The highest BCUT2D eigenvalue weighted by atomic mass is 16.6. The van der Waals surface area contributed by atoms with Gasteiger partial charge in [0.2, 0.25) is 0 Å². The third-order valence-corrected chi connectivity index (χ3v) is 4.16. The molecule has 144 valence electrons. The maximum atomic E-state index is 12.6. The number of nitrogens with one attached hydrogen (secondary N) is 2. The number of carbonyl (C=O) groups excluding carboxylic acids is 1. The first-order chi connectivity index (χ1) is 13.5. The summed E-state index contributed by atoms with van der Waals surface area (Å²) in [5, 5.41) is 16.4. The van der Waals surface area contributed by atoms with E-state index in [9.17, 15) is 14.9 Å². The van der Waals surface area contributed by atoms with E-state index in [-0.39, 0.29) is 5.69 Å². The van der Waals surface area contributed by atoms with Crippen molar-refractivity contribution < 1.29 is 14.5 Å². The molecule has 9 heteroatoms. The molecule has 0 radical (unpaired) electrons. The molecule has 1 atom stereocenters. The van der Waals surface area contributed by atoms with Gasteiger partial charge in [0, 0.05) is 37.3 Å². The fourth-order valence-electron chi connectivity index (χ4n) is 2.74. The number of nitro benzene ring substituents is 1. The number of methoxy groups -OCH3 is 1. The van der Waals surface area contributed by atoms with E-state index in [0.29, 0.717) is 17.3 Å². The van der Waals surface area contributed by atoms with Crippen LogP contribution in [0.25, 0.3) is 0 Å². The number of hydrogen-bond donors (Lipinski definition) is 2.